The van der Waals surface area contributed by atoms with Crippen LogP contribution in [0, 0.1) is 0 Å². The summed E-state index contributed by atoms with van der Waals surface area (Å²) in [5.74, 6) is 0.366. The van der Waals surface area contributed by atoms with E-state index in [0.717, 1.165) is 5.03 Å². The average Bonchev–Trinajstić information content (AvgIpc) is 2.12. The summed E-state index contributed by atoms with van der Waals surface area (Å²) in [7, 11) is 1.91. The predicted octanol–water partition coefficient (Wildman–Crippen LogP) is 1.45. The summed E-state index contributed by atoms with van der Waals surface area (Å²) in [5, 5.41) is 10.0. The lowest BCUT2D eigenvalue weighted by molar-refractivity contribution is 0.458. The van der Waals surface area contributed by atoms with Gasteiger partial charge in [-0.05, 0) is 12.3 Å². The van der Waals surface area contributed by atoms with Crippen molar-refractivity contribution in [2.75, 3.05) is 6.26 Å². The van der Waals surface area contributed by atoms with Crippen molar-refractivity contribution in [1.82, 2.24) is 4.57 Å². The van der Waals surface area contributed by atoms with Crippen LogP contribution in [0.1, 0.15) is 0 Å². The molecule has 50 valence electrons. The second-order valence-corrected chi connectivity index (χ2v) is 2.62. The molecule has 0 atom stereocenters. The topological polar surface area (TPSA) is 25.2 Å². The Labute approximate surface area is 58.5 Å². The smallest absolute Gasteiger partial charge is 0.147 e. The highest BCUT2D eigenvalue weighted by molar-refractivity contribution is 7.98. The maximum atomic E-state index is 9.09. The highest BCUT2D eigenvalue weighted by atomic mass is 32.2. The molecule has 0 amide bonds. The van der Waals surface area contributed by atoms with Crippen molar-refractivity contribution >= 4 is 11.8 Å². The van der Waals surface area contributed by atoms with Gasteiger partial charge in [-0.15, -0.1) is 11.8 Å². The number of hydrogen-bond donors (Lipinski definition) is 1. The van der Waals surface area contributed by atoms with Crippen LogP contribution in [0.4, 0.5) is 0 Å². The lowest BCUT2D eigenvalue weighted by Gasteiger charge is -1.96. The zero-order valence-corrected chi connectivity index (χ0v) is 6.27. The molecule has 0 saturated heterocycles. The fourth-order valence-electron chi connectivity index (χ4n) is 0.751. The largest absolute Gasteiger partial charge is 0.505 e. The standard InChI is InChI=1S/C6H9NOS/c1-7-4-3-5(8)6(7)9-2/h3-4,8H,1-2H3. The highest BCUT2D eigenvalue weighted by Crippen LogP contribution is 2.25. The second kappa shape index (κ2) is 2.35. The fraction of sp³-hybridized carbons (Fsp3) is 0.333. The van der Waals surface area contributed by atoms with Crippen LogP contribution in [-0.4, -0.2) is 15.9 Å². The molecule has 1 heterocycles. The Kier molecular flexibility index (Phi) is 1.71. The molecule has 1 aromatic heterocycles. The maximum Gasteiger partial charge on any atom is 0.147 e. The fourth-order valence-corrected chi connectivity index (χ4v) is 1.38. The van der Waals surface area contributed by atoms with Crippen molar-refractivity contribution < 1.29 is 5.11 Å². The first kappa shape index (κ1) is 6.55. The van der Waals surface area contributed by atoms with Crippen LogP contribution in [0.5, 0.6) is 5.75 Å². The van der Waals surface area contributed by atoms with Crippen LogP contribution in [0.2, 0.25) is 0 Å². The molecule has 3 heteroatoms. The zero-order valence-electron chi connectivity index (χ0n) is 5.46. The molecule has 0 aliphatic heterocycles. The first-order valence-corrected chi connectivity index (χ1v) is 3.86. The molecule has 0 spiro atoms. The van der Waals surface area contributed by atoms with Gasteiger partial charge < -0.3 is 9.67 Å². The van der Waals surface area contributed by atoms with Gasteiger partial charge in [0, 0.05) is 13.2 Å². The molecule has 1 aromatic rings. The van der Waals surface area contributed by atoms with Crippen molar-refractivity contribution in [1.29, 1.82) is 0 Å². The van der Waals surface area contributed by atoms with Crippen LogP contribution in [0.3, 0.4) is 0 Å². The molecule has 1 rings (SSSR count). The molecule has 0 fully saturated rings. The molecule has 0 aliphatic carbocycles. The molecule has 0 aliphatic rings. The van der Waals surface area contributed by atoms with Gasteiger partial charge in [-0.3, -0.25) is 0 Å². The van der Waals surface area contributed by atoms with Gasteiger partial charge >= 0.3 is 0 Å². The van der Waals surface area contributed by atoms with Crippen LogP contribution >= 0.6 is 11.8 Å². The Bertz CT molecular complexity index is 187. The Morgan fingerprint density at radius 1 is 1.67 bits per heavy atom. The van der Waals surface area contributed by atoms with Crippen molar-refractivity contribution in [2.45, 2.75) is 5.03 Å². The monoisotopic (exact) mass is 143 g/mol. The lowest BCUT2D eigenvalue weighted by atomic mass is 10.6. The van der Waals surface area contributed by atoms with Crippen LogP contribution in [0.15, 0.2) is 17.3 Å². The van der Waals surface area contributed by atoms with Crippen LogP contribution < -0.4 is 0 Å². The molecule has 2 nitrogen and oxygen atoms in total. The van der Waals surface area contributed by atoms with Gasteiger partial charge in [0.15, 0.2) is 0 Å². The van der Waals surface area contributed by atoms with E-state index < -0.39 is 0 Å². The molecule has 0 radical (unpaired) electrons. The van der Waals surface area contributed by atoms with E-state index in [1.165, 1.54) is 0 Å². The molecule has 0 aromatic carbocycles. The number of hydrogen-bond acceptors (Lipinski definition) is 2. The van der Waals surface area contributed by atoms with Gasteiger partial charge in [0.2, 0.25) is 0 Å². The maximum absolute atomic E-state index is 9.09. The van der Waals surface area contributed by atoms with E-state index >= 15 is 0 Å². The van der Waals surface area contributed by atoms with Gasteiger partial charge in [0.05, 0.1) is 0 Å². The van der Waals surface area contributed by atoms with E-state index in [-0.39, 0.29) is 0 Å². The Hall–Kier alpha value is -0.570. The summed E-state index contributed by atoms with van der Waals surface area (Å²) in [6, 6.07) is 1.69. The third kappa shape index (κ3) is 1.05. The number of nitrogens with zero attached hydrogens (tertiary/aromatic N) is 1. The summed E-state index contributed by atoms with van der Waals surface area (Å²) in [5.41, 5.74) is 0. The number of rotatable bonds is 1. The molecular weight excluding hydrogens is 134 g/mol. The predicted molar refractivity (Wildman–Crippen MR) is 38.9 cm³/mol. The zero-order chi connectivity index (χ0) is 6.85. The summed E-state index contributed by atoms with van der Waals surface area (Å²) in [4.78, 5) is 0. The average molecular weight is 143 g/mol. The third-order valence-corrected chi connectivity index (χ3v) is 2.07. The van der Waals surface area contributed by atoms with E-state index in [1.807, 2.05) is 24.1 Å². The van der Waals surface area contributed by atoms with Gasteiger partial charge in [-0.1, -0.05) is 0 Å². The van der Waals surface area contributed by atoms with E-state index in [9.17, 15) is 0 Å². The Morgan fingerprint density at radius 3 is 2.56 bits per heavy atom. The normalized spacial score (nSPS) is 10.0. The lowest BCUT2D eigenvalue weighted by Crippen LogP contribution is -1.84. The molecule has 0 saturated carbocycles. The first-order chi connectivity index (χ1) is 4.25. The number of aryl methyl sites for hydroxylation is 1. The van der Waals surface area contributed by atoms with Crippen molar-refractivity contribution in [3.05, 3.63) is 12.3 Å². The summed E-state index contributed by atoms with van der Waals surface area (Å²) in [6.45, 7) is 0. The van der Waals surface area contributed by atoms with Gasteiger partial charge in [-0.2, -0.15) is 0 Å². The molecule has 1 N–H and O–H groups in total. The van der Waals surface area contributed by atoms with Crippen molar-refractivity contribution in [3.8, 4) is 5.75 Å². The minimum absolute atomic E-state index is 0.366. The second-order valence-electron chi connectivity index (χ2n) is 1.82. The third-order valence-electron chi connectivity index (χ3n) is 1.19. The summed E-state index contributed by atoms with van der Waals surface area (Å²) < 4.78 is 1.89. The van der Waals surface area contributed by atoms with Gasteiger partial charge in [0.1, 0.15) is 10.8 Å². The number of aromatic hydroxyl groups is 1. The Balaban J connectivity index is 3.07. The molecule has 9 heavy (non-hydrogen) atoms. The molecule has 0 bridgehead atoms. The molecular formula is C6H9NOS. The SMILES string of the molecule is CSc1c(O)ccn1C. The minimum Gasteiger partial charge on any atom is -0.505 e. The summed E-state index contributed by atoms with van der Waals surface area (Å²) in [6.07, 6.45) is 3.77. The van der Waals surface area contributed by atoms with Gasteiger partial charge in [-0.25, -0.2) is 0 Å². The van der Waals surface area contributed by atoms with Gasteiger partial charge in [0.25, 0.3) is 0 Å². The number of thioether (sulfide) groups is 1. The highest BCUT2D eigenvalue weighted by Gasteiger charge is 2.00. The van der Waals surface area contributed by atoms with Crippen LogP contribution in [-0.2, 0) is 7.05 Å². The van der Waals surface area contributed by atoms with Crippen LogP contribution in [0.25, 0.3) is 0 Å². The quantitative estimate of drug-likeness (QED) is 0.602. The number of aromatic nitrogens is 1. The minimum atomic E-state index is 0.366. The van der Waals surface area contributed by atoms with Crippen molar-refractivity contribution in [3.63, 3.8) is 0 Å². The van der Waals surface area contributed by atoms with E-state index in [0.29, 0.717) is 5.75 Å². The summed E-state index contributed by atoms with van der Waals surface area (Å²) >= 11 is 1.54. The van der Waals surface area contributed by atoms with E-state index in [1.54, 1.807) is 17.8 Å². The van der Waals surface area contributed by atoms with E-state index in [2.05, 4.69) is 0 Å². The first-order valence-electron chi connectivity index (χ1n) is 2.64. The Morgan fingerprint density at radius 2 is 2.33 bits per heavy atom. The van der Waals surface area contributed by atoms with Crippen molar-refractivity contribution in [2.24, 2.45) is 7.05 Å². The molecule has 0 unspecified atom stereocenters. The van der Waals surface area contributed by atoms with E-state index in [4.69, 9.17) is 5.11 Å².